The molecule has 0 saturated heterocycles. The van der Waals surface area contributed by atoms with E-state index in [1.54, 1.807) is 25.1 Å². The molecule has 0 aromatic carbocycles. The summed E-state index contributed by atoms with van der Waals surface area (Å²) < 4.78 is 5.43. The van der Waals surface area contributed by atoms with E-state index in [0.717, 1.165) is 0 Å². The third-order valence-corrected chi connectivity index (χ3v) is 2.85. The van der Waals surface area contributed by atoms with E-state index >= 15 is 0 Å². The highest BCUT2D eigenvalue weighted by molar-refractivity contribution is 6.08. The summed E-state index contributed by atoms with van der Waals surface area (Å²) >= 11 is 0. The highest BCUT2D eigenvalue weighted by atomic mass is 16.5. The summed E-state index contributed by atoms with van der Waals surface area (Å²) in [4.78, 5) is 14.2. The minimum atomic E-state index is -1.52. The SMILES string of the molecule is CCOc1ccccc2c(C(=O)[O-])c([N+]#N)c(C#N)c1-2. The molecular formula is C14H9N3O3. The number of hydrogen-bond acceptors (Lipinski definition) is 5. The smallest absolute Gasteiger partial charge is 0.412 e. The number of fused-ring (bicyclic) bond motifs is 1. The van der Waals surface area contributed by atoms with Gasteiger partial charge in [-0.3, -0.25) is 0 Å². The Morgan fingerprint density at radius 3 is 2.70 bits per heavy atom. The van der Waals surface area contributed by atoms with E-state index in [1.807, 2.05) is 6.07 Å². The summed E-state index contributed by atoms with van der Waals surface area (Å²) in [6.45, 7) is 2.12. The highest BCUT2D eigenvalue weighted by Gasteiger charge is 2.34. The fourth-order valence-electron chi connectivity index (χ4n) is 2.12. The Kier molecular flexibility index (Phi) is 3.49. The molecule has 2 aliphatic rings. The van der Waals surface area contributed by atoms with Crippen molar-refractivity contribution in [1.29, 1.82) is 10.7 Å². The third-order valence-electron chi connectivity index (χ3n) is 2.85. The number of nitrogens with zero attached hydrogens (tertiary/aromatic N) is 3. The molecule has 0 unspecified atom stereocenters. The van der Waals surface area contributed by atoms with Gasteiger partial charge in [-0.05, 0) is 13.0 Å². The van der Waals surface area contributed by atoms with Crippen LogP contribution in [0.15, 0.2) is 24.3 Å². The third kappa shape index (κ3) is 1.90. The van der Waals surface area contributed by atoms with Crippen molar-refractivity contribution in [2.75, 3.05) is 6.61 Å². The molecule has 0 aromatic rings. The van der Waals surface area contributed by atoms with Crippen molar-refractivity contribution < 1.29 is 14.6 Å². The molecule has 0 radical (unpaired) electrons. The summed E-state index contributed by atoms with van der Waals surface area (Å²) in [5, 5.41) is 29.5. The number of hydrogen-bond donors (Lipinski definition) is 0. The Hall–Kier alpha value is -3.12. The van der Waals surface area contributed by atoms with Gasteiger partial charge >= 0.3 is 5.69 Å². The maximum absolute atomic E-state index is 11.3. The number of diazo groups is 1. The van der Waals surface area contributed by atoms with Crippen molar-refractivity contribution in [3.63, 3.8) is 0 Å². The van der Waals surface area contributed by atoms with Crippen LogP contribution in [-0.4, -0.2) is 12.6 Å². The van der Waals surface area contributed by atoms with E-state index in [2.05, 4.69) is 4.98 Å². The van der Waals surface area contributed by atoms with E-state index < -0.39 is 5.97 Å². The van der Waals surface area contributed by atoms with Gasteiger partial charge < -0.3 is 14.6 Å². The predicted molar refractivity (Wildman–Crippen MR) is 68.0 cm³/mol. The molecule has 2 aliphatic carbocycles. The van der Waals surface area contributed by atoms with Gasteiger partial charge in [0.1, 0.15) is 17.4 Å². The van der Waals surface area contributed by atoms with Gasteiger partial charge in [-0.2, -0.15) is 5.26 Å². The lowest BCUT2D eigenvalue weighted by Crippen LogP contribution is -2.22. The van der Waals surface area contributed by atoms with Gasteiger partial charge in [-0.25, -0.2) is 0 Å². The first-order valence-corrected chi connectivity index (χ1v) is 5.83. The van der Waals surface area contributed by atoms with Crippen LogP contribution < -0.4 is 9.84 Å². The molecule has 0 heterocycles. The van der Waals surface area contributed by atoms with Crippen LogP contribution in [0.5, 0.6) is 5.75 Å². The number of carbonyl (C=O) groups excluding carboxylic acids is 1. The zero-order chi connectivity index (χ0) is 14.7. The molecule has 0 fully saturated rings. The number of carboxylic acids is 1. The maximum atomic E-state index is 11.3. The van der Waals surface area contributed by atoms with Gasteiger partial charge in [0.2, 0.25) is 5.39 Å². The Balaban J connectivity index is 2.96. The number of carboxylic acid groups (broad SMARTS) is 1. The van der Waals surface area contributed by atoms with Gasteiger partial charge in [0.05, 0.1) is 18.1 Å². The second-order valence-corrected chi connectivity index (χ2v) is 3.90. The summed E-state index contributed by atoms with van der Waals surface area (Å²) in [6.07, 6.45) is 0. The molecule has 0 aliphatic heterocycles. The standard InChI is InChI=1S/C14H9N3O3/c1-2-20-10-6-4-3-5-8-11(10)9(7-15)13(17-16)12(8)14(18)19/h3-6H,2H2,1H3. The lowest BCUT2D eigenvalue weighted by molar-refractivity contribution is -0.254. The largest absolute Gasteiger partial charge is 0.544 e. The molecule has 0 N–H and O–H groups in total. The van der Waals surface area contributed by atoms with Crippen LogP contribution in [-0.2, 0) is 0 Å². The lowest BCUT2D eigenvalue weighted by atomic mass is 10.1. The molecule has 20 heavy (non-hydrogen) atoms. The predicted octanol–water partition coefficient (Wildman–Crippen LogP) is 1.91. The molecule has 0 spiro atoms. The topological polar surface area (TPSA) is 101 Å². The summed E-state index contributed by atoms with van der Waals surface area (Å²) in [5.41, 5.74) is -0.152. The van der Waals surface area contributed by atoms with Crippen LogP contribution in [0.1, 0.15) is 22.8 Å². The molecule has 0 aromatic heterocycles. The lowest BCUT2D eigenvalue weighted by Gasteiger charge is -2.06. The monoisotopic (exact) mass is 267 g/mol. The van der Waals surface area contributed by atoms with Gasteiger partial charge in [-0.15, -0.1) is 0 Å². The van der Waals surface area contributed by atoms with Crippen LogP contribution in [0.2, 0.25) is 0 Å². The van der Waals surface area contributed by atoms with Crippen molar-refractivity contribution in [2.24, 2.45) is 0 Å². The maximum Gasteiger partial charge on any atom is 0.412 e. The van der Waals surface area contributed by atoms with E-state index in [1.165, 1.54) is 6.07 Å². The van der Waals surface area contributed by atoms with Gasteiger partial charge in [0.15, 0.2) is 10.5 Å². The zero-order valence-electron chi connectivity index (χ0n) is 10.6. The first-order chi connectivity index (χ1) is 9.65. The van der Waals surface area contributed by atoms with Crippen LogP contribution in [0.3, 0.4) is 0 Å². The van der Waals surface area contributed by atoms with Crippen molar-refractivity contribution in [1.82, 2.24) is 0 Å². The quantitative estimate of drug-likeness (QED) is 0.790. The van der Waals surface area contributed by atoms with Crippen LogP contribution >= 0.6 is 0 Å². The molecule has 98 valence electrons. The van der Waals surface area contributed by atoms with Crippen molar-refractivity contribution >= 4 is 11.7 Å². The number of nitriles is 1. The number of ether oxygens (including phenoxy) is 1. The van der Waals surface area contributed by atoms with Crippen molar-refractivity contribution in [2.45, 2.75) is 6.92 Å². The van der Waals surface area contributed by atoms with E-state index in [9.17, 15) is 15.2 Å². The minimum absolute atomic E-state index is 0.0543. The first-order valence-electron chi connectivity index (χ1n) is 5.83. The Labute approximate surface area is 114 Å². The molecule has 0 atom stereocenters. The molecule has 6 nitrogen and oxygen atoms in total. The number of aromatic carboxylic acids is 1. The molecule has 0 bridgehead atoms. The van der Waals surface area contributed by atoms with Gasteiger partial charge in [0.25, 0.3) is 0 Å². The number of carbonyl (C=O) groups is 1. The Bertz CT molecular complexity index is 741. The highest BCUT2D eigenvalue weighted by Crippen LogP contribution is 2.45. The molecular weight excluding hydrogens is 258 g/mol. The van der Waals surface area contributed by atoms with Crippen LogP contribution in [0, 0.1) is 16.7 Å². The summed E-state index contributed by atoms with van der Waals surface area (Å²) in [5.74, 6) is -1.17. The fraction of sp³-hybridized carbons (Fsp3) is 0.143. The van der Waals surface area contributed by atoms with E-state index in [4.69, 9.17) is 10.1 Å². The second kappa shape index (κ2) is 5.25. The zero-order valence-corrected chi connectivity index (χ0v) is 10.6. The van der Waals surface area contributed by atoms with Gasteiger partial charge in [-0.1, -0.05) is 18.2 Å². The number of rotatable bonds is 3. The summed E-state index contributed by atoms with van der Waals surface area (Å²) in [7, 11) is 0. The average molecular weight is 267 g/mol. The van der Waals surface area contributed by atoms with Crippen LogP contribution in [0.4, 0.5) is 5.69 Å². The first kappa shape index (κ1) is 13.3. The molecule has 0 saturated carbocycles. The average Bonchev–Trinajstić information content (AvgIpc) is 2.62. The molecule has 0 amide bonds. The normalized spacial score (nSPS) is 9.75. The van der Waals surface area contributed by atoms with E-state index in [0.29, 0.717) is 17.9 Å². The Morgan fingerprint density at radius 2 is 2.15 bits per heavy atom. The second-order valence-electron chi connectivity index (χ2n) is 3.90. The fourth-order valence-corrected chi connectivity index (χ4v) is 2.12. The summed E-state index contributed by atoms with van der Waals surface area (Å²) in [6, 6.07) is 8.26. The Morgan fingerprint density at radius 1 is 1.45 bits per heavy atom. The van der Waals surface area contributed by atoms with Crippen LogP contribution in [0.25, 0.3) is 16.1 Å². The van der Waals surface area contributed by atoms with Gasteiger partial charge in [0, 0.05) is 5.56 Å². The van der Waals surface area contributed by atoms with Crippen molar-refractivity contribution in [3.05, 3.63) is 40.4 Å². The van der Waals surface area contributed by atoms with E-state index in [-0.39, 0.29) is 22.4 Å². The molecule has 6 heteroatoms. The minimum Gasteiger partial charge on any atom is -0.544 e. The molecule has 2 rings (SSSR count). The van der Waals surface area contributed by atoms with Crippen molar-refractivity contribution in [3.8, 4) is 22.9 Å².